The van der Waals surface area contributed by atoms with Crippen molar-refractivity contribution in [1.29, 1.82) is 0 Å². The molecular weight excluding hydrogens is 328 g/mol. The Labute approximate surface area is 152 Å². The van der Waals surface area contributed by atoms with E-state index in [-0.39, 0.29) is 30.7 Å². The lowest BCUT2D eigenvalue weighted by molar-refractivity contribution is -0.133. The van der Waals surface area contributed by atoms with Gasteiger partial charge in [0.2, 0.25) is 11.8 Å². The van der Waals surface area contributed by atoms with E-state index in [0.29, 0.717) is 6.54 Å². The van der Waals surface area contributed by atoms with Gasteiger partial charge in [-0.3, -0.25) is 14.6 Å². The maximum atomic E-state index is 12.3. The quantitative estimate of drug-likeness (QED) is 0.870. The minimum atomic E-state index is -0.152. The van der Waals surface area contributed by atoms with Crippen molar-refractivity contribution in [2.45, 2.75) is 32.2 Å². The van der Waals surface area contributed by atoms with Gasteiger partial charge in [-0.15, -0.1) is 0 Å². The molecule has 6 heteroatoms. The number of carbonyl (C=O) groups excluding carboxylic acids is 2. The third-order valence-corrected chi connectivity index (χ3v) is 4.32. The first-order valence-corrected chi connectivity index (χ1v) is 8.76. The zero-order chi connectivity index (χ0) is 18.4. The molecule has 1 atom stereocenters. The van der Waals surface area contributed by atoms with Crippen LogP contribution in [0.3, 0.4) is 0 Å². The number of amides is 2. The van der Waals surface area contributed by atoms with E-state index in [9.17, 15) is 9.59 Å². The molecule has 0 fully saturated rings. The molecule has 3 rings (SSSR count). The lowest BCUT2D eigenvalue weighted by Crippen LogP contribution is -2.29. The molecule has 1 aromatic heterocycles. The van der Waals surface area contributed by atoms with Gasteiger partial charge in [-0.05, 0) is 24.1 Å². The molecule has 0 radical (unpaired) electrons. The van der Waals surface area contributed by atoms with Gasteiger partial charge in [-0.25, -0.2) is 5.01 Å². The van der Waals surface area contributed by atoms with Crippen LogP contribution in [0.1, 0.15) is 43.4 Å². The lowest BCUT2D eigenvalue weighted by atomic mass is 10.1. The predicted octanol–water partition coefficient (Wildman–Crippen LogP) is 2.68. The molecule has 2 amide bonds. The van der Waals surface area contributed by atoms with Gasteiger partial charge in [-0.1, -0.05) is 36.4 Å². The molecule has 6 nitrogen and oxygen atoms in total. The fourth-order valence-corrected chi connectivity index (χ4v) is 2.85. The van der Waals surface area contributed by atoms with E-state index in [0.717, 1.165) is 23.3 Å². The van der Waals surface area contributed by atoms with Crippen molar-refractivity contribution in [2.75, 3.05) is 6.54 Å². The van der Waals surface area contributed by atoms with Crippen LogP contribution in [0.25, 0.3) is 0 Å². The van der Waals surface area contributed by atoms with E-state index >= 15 is 0 Å². The number of nitrogens with zero attached hydrogens (tertiary/aromatic N) is 3. The molecule has 0 aliphatic carbocycles. The number of nitrogens with one attached hydrogen (secondary N) is 1. The monoisotopic (exact) mass is 350 g/mol. The lowest BCUT2D eigenvalue weighted by Gasteiger charge is -2.15. The Morgan fingerprint density at radius 2 is 1.96 bits per heavy atom. The highest BCUT2D eigenvalue weighted by Crippen LogP contribution is 2.15. The maximum absolute atomic E-state index is 12.3. The van der Waals surface area contributed by atoms with Gasteiger partial charge >= 0.3 is 0 Å². The fraction of sp³-hybridized carbons (Fsp3) is 0.300. The Balaban J connectivity index is 1.48. The summed E-state index contributed by atoms with van der Waals surface area (Å²) in [5.74, 6) is -0.277. The van der Waals surface area contributed by atoms with Crippen molar-refractivity contribution < 1.29 is 9.59 Å². The molecule has 0 bridgehead atoms. The highest BCUT2D eigenvalue weighted by Gasteiger charge is 2.22. The summed E-state index contributed by atoms with van der Waals surface area (Å²) in [5, 5.41) is 8.77. The second-order valence-corrected chi connectivity index (χ2v) is 6.26. The average molecular weight is 350 g/mol. The molecule has 1 N–H and O–H groups in total. The summed E-state index contributed by atoms with van der Waals surface area (Å²) in [5.41, 5.74) is 2.88. The Hall–Kier alpha value is -3.02. The fourth-order valence-electron chi connectivity index (χ4n) is 2.85. The highest BCUT2D eigenvalue weighted by molar-refractivity contribution is 6.02. The molecule has 1 unspecified atom stereocenters. The normalized spacial score (nSPS) is 14.7. The van der Waals surface area contributed by atoms with E-state index < -0.39 is 0 Å². The number of pyridine rings is 1. The number of carbonyl (C=O) groups is 2. The standard InChI is InChI=1S/C20H22N4O2/c1-15(17-8-5-12-21-14-17)22-19(25)9-10-20(26)24-13-11-18(23-24)16-6-3-2-4-7-16/h2-8,12,14-15H,9-11,13H2,1H3,(H,22,25). The largest absolute Gasteiger partial charge is 0.350 e. The first kappa shape index (κ1) is 17.8. The van der Waals surface area contributed by atoms with Crippen LogP contribution in [0.4, 0.5) is 0 Å². The predicted molar refractivity (Wildman–Crippen MR) is 99.3 cm³/mol. The van der Waals surface area contributed by atoms with Gasteiger partial charge in [0.05, 0.1) is 18.3 Å². The third-order valence-electron chi connectivity index (χ3n) is 4.32. The Kier molecular flexibility index (Phi) is 5.73. The molecule has 1 aliphatic heterocycles. The number of hydrogen-bond donors (Lipinski definition) is 1. The zero-order valence-electron chi connectivity index (χ0n) is 14.8. The minimum absolute atomic E-state index is 0.125. The van der Waals surface area contributed by atoms with Crippen LogP contribution in [0, 0.1) is 0 Å². The number of hydrazone groups is 1. The SMILES string of the molecule is CC(NC(=O)CCC(=O)N1CCC(c2ccccc2)=N1)c1cccnc1. The van der Waals surface area contributed by atoms with Crippen LogP contribution in [0.5, 0.6) is 0 Å². The molecule has 1 aliphatic rings. The van der Waals surface area contributed by atoms with Crippen LogP contribution in [0.15, 0.2) is 60.0 Å². The number of rotatable bonds is 6. The summed E-state index contributed by atoms with van der Waals surface area (Å²) < 4.78 is 0. The molecule has 134 valence electrons. The summed E-state index contributed by atoms with van der Waals surface area (Å²) in [4.78, 5) is 28.4. The van der Waals surface area contributed by atoms with Crippen LogP contribution >= 0.6 is 0 Å². The summed E-state index contributed by atoms with van der Waals surface area (Å²) >= 11 is 0. The molecule has 1 aromatic carbocycles. The minimum Gasteiger partial charge on any atom is -0.350 e. The second kappa shape index (κ2) is 8.38. The van der Waals surface area contributed by atoms with E-state index in [1.807, 2.05) is 49.4 Å². The van der Waals surface area contributed by atoms with Crippen molar-refractivity contribution in [1.82, 2.24) is 15.3 Å². The molecule has 26 heavy (non-hydrogen) atoms. The zero-order valence-corrected chi connectivity index (χ0v) is 14.8. The smallest absolute Gasteiger partial charge is 0.243 e. The number of aromatic nitrogens is 1. The van der Waals surface area contributed by atoms with Gasteiger partial charge in [0.15, 0.2) is 0 Å². The highest BCUT2D eigenvalue weighted by atomic mass is 16.2. The summed E-state index contributed by atoms with van der Waals surface area (Å²) in [6, 6.07) is 13.4. The van der Waals surface area contributed by atoms with Crippen molar-refractivity contribution in [2.24, 2.45) is 5.10 Å². The van der Waals surface area contributed by atoms with Gasteiger partial charge in [0, 0.05) is 31.7 Å². The van der Waals surface area contributed by atoms with E-state index in [2.05, 4.69) is 15.4 Å². The van der Waals surface area contributed by atoms with Crippen molar-refractivity contribution in [3.8, 4) is 0 Å². The van der Waals surface area contributed by atoms with Crippen LogP contribution in [-0.4, -0.2) is 34.1 Å². The van der Waals surface area contributed by atoms with Crippen molar-refractivity contribution >= 4 is 17.5 Å². The van der Waals surface area contributed by atoms with Crippen LogP contribution < -0.4 is 5.32 Å². The average Bonchev–Trinajstić information content (AvgIpc) is 3.18. The molecule has 0 saturated heterocycles. The molecule has 2 heterocycles. The van der Waals surface area contributed by atoms with Gasteiger partial charge in [0.25, 0.3) is 0 Å². The van der Waals surface area contributed by atoms with Crippen molar-refractivity contribution in [3.63, 3.8) is 0 Å². The topological polar surface area (TPSA) is 74.7 Å². The molecular formula is C20H22N4O2. The third kappa shape index (κ3) is 4.53. The maximum Gasteiger partial charge on any atom is 0.243 e. The van der Waals surface area contributed by atoms with Crippen molar-refractivity contribution in [3.05, 3.63) is 66.0 Å². The van der Waals surface area contributed by atoms with Crippen LogP contribution in [-0.2, 0) is 9.59 Å². The first-order chi connectivity index (χ1) is 12.6. The Morgan fingerprint density at radius 1 is 1.15 bits per heavy atom. The van der Waals surface area contributed by atoms with Gasteiger partial charge in [0.1, 0.15) is 0 Å². The summed E-state index contributed by atoms with van der Waals surface area (Å²) in [6.45, 7) is 2.46. The second-order valence-electron chi connectivity index (χ2n) is 6.26. The molecule has 0 saturated carbocycles. The Bertz CT molecular complexity index is 790. The van der Waals surface area contributed by atoms with Crippen LogP contribution in [0.2, 0.25) is 0 Å². The van der Waals surface area contributed by atoms with E-state index in [4.69, 9.17) is 0 Å². The number of benzene rings is 1. The van der Waals surface area contributed by atoms with Gasteiger partial charge in [-0.2, -0.15) is 5.10 Å². The first-order valence-electron chi connectivity index (χ1n) is 8.76. The van der Waals surface area contributed by atoms with Gasteiger partial charge < -0.3 is 5.32 Å². The molecule has 2 aromatic rings. The van der Waals surface area contributed by atoms with E-state index in [1.54, 1.807) is 12.4 Å². The summed E-state index contributed by atoms with van der Waals surface area (Å²) in [7, 11) is 0. The molecule has 0 spiro atoms. The number of hydrogen-bond acceptors (Lipinski definition) is 4. The van der Waals surface area contributed by atoms with E-state index in [1.165, 1.54) is 5.01 Å². The summed E-state index contributed by atoms with van der Waals surface area (Å²) in [6.07, 6.45) is 4.45. The Morgan fingerprint density at radius 3 is 2.69 bits per heavy atom.